The van der Waals surface area contributed by atoms with E-state index in [9.17, 15) is 67.4 Å². The minimum Gasteiger partial charge on any atom is -0.534 e. The van der Waals surface area contributed by atoms with Crippen molar-refractivity contribution in [3.63, 3.8) is 0 Å². The molecule has 2 aliphatic heterocycles. The molecule has 5 rings (SSSR count). The number of urea groups is 1. The second kappa shape index (κ2) is 14.8. The van der Waals surface area contributed by atoms with Gasteiger partial charge in [0.1, 0.15) is 23.2 Å². The highest BCUT2D eigenvalue weighted by Crippen LogP contribution is 2.40. The van der Waals surface area contributed by atoms with Crippen LogP contribution in [0, 0.1) is 11.6 Å². The molecule has 2 aliphatic rings. The number of piperazine rings is 1. The summed E-state index contributed by atoms with van der Waals surface area (Å²) in [6.07, 6.45) is -1.03. The molecule has 1 fully saturated rings. The van der Waals surface area contributed by atoms with Crippen molar-refractivity contribution in [2.45, 2.75) is 31.1 Å². The van der Waals surface area contributed by atoms with Crippen molar-refractivity contribution in [1.82, 2.24) is 20.4 Å². The van der Waals surface area contributed by atoms with Crippen LogP contribution >= 0.6 is 19.2 Å². The Morgan fingerprint density at radius 2 is 1.75 bits per heavy atom. The lowest BCUT2D eigenvalue weighted by atomic mass is 9.72. The maximum absolute atomic E-state index is 14.2. The largest absolute Gasteiger partial charge is 0.547 e. The minimum absolute atomic E-state index is 0.0475. The lowest BCUT2D eigenvalue weighted by molar-refractivity contribution is -0.154. The number of imide groups is 1. The zero-order valence-electron chi connectivity index (χ0n) is 26.3. The maximum atomic E-state index is 14.2. The second-order valence-corrected chi connectivity index (χ2v) is 13.7. The summed E-state index contributed by atoms with van der Waals surface area (Å²) in [4.78, 5) is 85.2. The van der Waals surface area contributed by atoms with Crippen molar-refractivity contribution in [2.24, 2.45) is 0 Å². The molecule has 3 aromatic rings. The van der Waals surface area contributed by atoms with Gasteiger partial charge in [-0.3, -0.25) is 23.8 Å². The molecule has 1 saturated heterocycles. The van der Waals surface area contributed by atoms with Crippen molar-refractivity contribution in [3.8, 4) is 17.2 Å². The topological polar surface area (TPSA) is 264 Å². The van der Waals surface area contributed by atoms with Crippen molar-refractivity contribution in [1.29, 1.82) is 0 Å². The van der Waals surface area contributed by atoms with Gasteiger partial charge in [-0.1, -0.05) is 41.9 Å². The Morgan fingerprint density at radius 3 is 2.42 bits per heavy atom. The molecule has 22 heteroatoms. The number of aromatic hydroxyl groups is 2. The molecule has 0 radical (unpaired) electrons. The van der Waals surface area contributed by atoms with E-state index in [1.807, 2.05) is 0 Å². The van der Waals surface area contributed by atoms with Gasteiger partial charge in [-0.2, -0.15) is 0 Å². The predicted octanol–water partition coefficient (Wildman–Crippen LogP) is 1.17. The molecule has 0 bridgehead atoms. The van der Waals surface area contributed by atoms with Crippen LogP contribution in [-0.2, 0) is 38.1 Å². The van der Waals surface area contributed by atoms with Gasteiger partial charge in [0.25, 0.3) is 0 Å². The molecule has 0 aliphatic carbocycles. The number of phenols is 2. The van der Waals surface area contributed by atoms with Gasteiger partial charge >= 0.3 is 38.5 Å². The third-order valence-electron chi connectivity index (χ3n) is 8.11. The zero-order chi connectivity index (χ0) is 38.2. The van der Waals surface area contributed by atoms with E-state index in [0.29, 0.717) is 4.90 Å². The van der Waals surface area contributed by atoms with E-state index in [0.717, 1.165) is 17.0 Å². The van der Waals surface area contributed by atoms with E-state index in [2.05, 4.69) is 10.6 Å². The standard InChI is InChI=1S/C30H27BClF2N4O13P/c32-21-16(9-18(34)23(39)24(21)40)11-37-6-7-38(28(43)27(37)42)30(46)36-22(14-3-1-2-13(8-14)12-52(48,49)50)26(41)35-19-10-15-4-5-17(33)20(29(44)45)25(15)51-31(19)47/h1-5,8-9,19,22,39-40,47H,6-7,10-12H2,(H,35,41)(H,36,46)(H,44,45)(H2,48,49,50)/t19-,22+/m0/s1. The minimum atomic E-state index is -4.61. The van der Waals surface area contributed by atoms with Crippen molar-refractivity contribution < 1.29 is 72.1 Å². The number of halogens is 3. The van der Waals surface area contributed by atoms with Crippen LogP contribution in [0.4, 0.5) is 13.6 Å². The summed E-state index contributed by atoms with van der Waals surface area (Å²) in [6, 6.07) is 4.93. The summed E-state index contributed by atoms with van der Waals surface area (Å²) in [5.41, 5.74) is -0.913. The molecule has 5 amide bonds. The first kappa shape index (κ1) is 38.0. The summed E-state index contributed by atoms with van der Waals surface area (Å²) in [7, 11) is -6.53. The van der Waals surface area contributed by atoms with Crippen LogP contribution in [0.1, 0.15) is 38.7 Å². The number of nitrogens with one attached hydrogen (secondary N) is 2. The number of aromatic carboxylic acids is 1. The molecule has 3 aromatic carbocycles. The molecule has 52 heavy (non-hydrogen) atoms. The number of phenolic OH excluding ortho intramolecular Hbond substituents is 2. The molecule has 0 aromatic heterocycles. The smallest absolute Gasteiger partial charge is 0.534 e. The Labute approximate surface area is 296 Å². The number of carboxylic acid groups (broad SMARTS) is 1. The van der Waals surface area contributed by atoms with Gasteiger partial charge in [-0.05, 0) is 40.8 Å². The Hall–Kier alpha value is -5.27. The number of fused-ring (bicyclic) bond motifs is 1. The van der Waals surface area contributed by atoms with Crippen LogP contribution in [-0.4, -0.2) is 95.8 Å². The SMILES string of the molecule is O=C(O)c1c(F)ccc2c1OB(O)[C@@H](NC(=O)[C@H](NC(=O)N1CCN(Cc3cc(F)c(O)c(O)c3Cl)C(=O)C1=O)c1cccc(CP(=O)(O)O)c1)C2. The van der Waals surface area contributed by atoms with E-state index in [1.54, 1.807) is 0 Å². The maximum Gasteiger partial charge on any atom is 0.547 e. The summed E-state index contributed by atoms with van der Waals surface area (Å²) in [5.74, 6) is -11.6. The van der Waals surface area contributed by atoms with E-state index < -0.39 is 115 Å². The Bertz CT molecular complexity index is 2050. The average molecular weight is 767 g/mol. The molecule has 0 saturated carbocycles. The Balaban J connectivity index is 1.38. The fraction of sp³-hybridized carbons (Fsp3) is 0.233. The van der Waals surface area contributed by atoms with Gasteiger partial charge in [0.15, 0.2) is 17.3 Å². The number of hydrogen-bond donors (Lipinski definition) is 8. The predicted molar refractivity (Wildman–Crippen MR) is 173 cm³/mol. The van der Waals surface area contributed by atoms with Crippen LogP contribution in [0.25, 0.3) is 0 Å². The fourth-order valence-corrected chi connectivity index (χ4v) is 6.51. The molecule has 0 unspecified atom stereocenters. The lowest BCUT2D eigenvalue weighted by Gasteiger charge is -2.34. The Morgan fingerprint density at radius 1 is 1.04 bits per heavy atom. The second-order valence-electron chi connectivity index (χ2n) is 11.7. The molecule has 2 heterocycles. The molecular formula is C30H27BClF2N4O13P. The summed E-state index contributed by atoms with van der Waals surface area (Å²) in [5, 5.41) is 43.7. The molecule has 8 N–H and O–H groups in total. The van der Waals surface area contributed by atoms with Crippen LogP contribution < -0.4 is 15.3 Å². The van der Waals surface area contributed by atoms with Gasteiger partial charge in [-0.15, -0.1) is 0 Å². The number of rotatable bonds is 9. The van der Waals surface area contributed by atoms with Crippen LogP contribution in [0.3, 0.4) is 0 Å². The molecule has 274 valence electrons. The van der Waals surface area contributed by atoms with Crippen LogP contribution in [0.15, 0.2) is 42.5 Å². The highest BCUT2D eigenvalue weighted by molar-refractivity contribution is 7.50. The number of carbonyl (C=O) groups excluding carboxylic acids is 4. The van der Waals surface area contributed by atoms with E-state index in [-0.39, 0.29) is 35.2 Å². The molecule has 0 spiro atoms. The summed E-state index contributed by atoms with van der Waals surface area (Å²) >= 11 is 5.96. The van der Waals surface area contributed by atoms with E-state index in [4.69, 9.17) is 16.3 Å². The first-order chi connectivity index (χ1) is 24.4. The number of carbonyl (C=O) groups is 5. The van der Waals surface area contributed by atoms with Crippen molar-refractivity contribution in [2.75, 3.05) is 13.1 Å². The number of benzene rings is 3. The number of hydrogen-bond acceptors (Lipinski definition) is 10. The van der Waals surface area contributed by atoms with Gasteiger partial charge in [0.2, 0.25) is 5.91 Å². The third-order valence-corrected chi connectivity index (χ3v) is 9.31. The van der Waals surface area contributed by atoms with Crippen LogP contribution in [0.5, 0.6) is 17.2 Å². The van der Waals surface area contributed by atoms with Crippen molar-refractivity contribution >= 4 is 56.0 Å². The molecular weight excluding hydrogens is 740 g/mol. The lowest BCUT2D eigenvalue weighted by Crippen LogP contribution is -2.60. The quantitative estimate of drug-likeness (QED) is 0.0659. The van der Waals surface area contributed by atoms with Crippen molar-refractivity contribution in [3.05, 3.63) is 86.9 Å². The fourth-order valence-electron chi connectivity index (χ4n) is 5.63. The average Bonchev–Trinajstić information content (AvgIpc) is 3.06. The molecule has 17 nitrogen and oxygen atoms in total. The highest BCUT2D eigenvalue weighted by atomic mass is 35.5. The normalized spacial score (nSPS) is 16.6. The summed E-state index contributed by atoms with van der Waals surface area (Å²) in [6.45, 7) is -1.28. The van der Waals surface area contributed by atoms with E-state index in [1.165, 1.54) is 30.3 Å². The number of carboxylic acids is 1. The highest BCUT2D eigenvalue weighted by Gasteiger charge is 2.42. The molecule has 2 atom stereocenters. The summed E-state index contributed by atoms with van der Waals surface area (Å²) < 4.78 is 45.2. The number of amides is 5. The van der Waals surface area contributed by atoms with Gasteiger partial charge < -0.3 is 50.3 Å². The monoisotopic (exact) mass is 766 g/mol. The van der Waals surface area contributed by atoms with E-state index >= 15 is 0 Å². The third kappa shape index (κ3) is 7.95. The van der Waals surface area contributed by atoms with Gasteiger partial charge in [-0.25, -0.2) is 18.4 Å². The zero-order valence-corrected chi connectivity index (χ0v) is 28.0. The first-order valence-electron chi connectivity index (χ1n) is 15.0. The van der Waals surface area contributed by atoms with Gasteiger partial charge in [0, 0.05) is 19.6 Å². The first-order valence-corrected chi connectivity index (χ1v) is 17.2. The van der Waals surface area contributed by atoms with Crippen LogP contribution in [0.2, 0.25) is 5.02 Å². The Kier molecular flexibility index (Phi) is 10.8. The number of nitrogens with zero attached hydrogens (tertiary/aromatic N) is 2. The van der Waals surface area contributed by atoms with Gasteiger partial charge in [0.05, 0.1) is 17.1 Å².